The van der Waals surface area contributed by atoms with Crippen molar-refractivity contribution < 1.29 is 9.53 Å². The lowest BCUT2D eigenvalue weighted by Gasteiger charge is -2.21. The van der Waals surface area contributed by atoms with Gasteiger partial charge in [-0.05, 0) is 58.3 Å². The minimum Gasteiger partial charge on any atom is -0.378 e. The Hall–Kier alpha value is -0.570. The Balaban J connectivity index is 0.00000450. The second-order valence-corrected chi connectivity index (χ2v) is 8.42. The molecule has 2 rings (SSSR count). The van der Waals surface area contributed by atoms with E-state index in [1.165, 1.54) is 44.9 Å². The zero-order chi connectivity index (χ0) is 20.6. The summed E-state index contributed by atoms with van der Waals surface area (Å²) in [6, 6.07) is 0. The van der Waals surface area contributed by atoms with Crippen LogP contribution < -0.4 is 10.6 Å². The number of carbonyl (C=O) groups excluding carboxylic acids is 1. The highest BCUT2D eigenvalue weighted by Gasteiger charge is 2.15. The standard InChI is InChI=1S/C23H44N4O2.HI/c1-2-24-23(26-17-12-19-27-18-10-4-8-15-22(27)28)25-16-9-5-11-20-29-21-13-6-3-7-14-21;/h21H,2-20H2,1H3,(H2,24,25,26);1H. The van der Waals surface area contributed by atoms with Gasteiger partial charge in [0.05, 0.1) is 6.10 Å². The topological polar surface area (TPSA) is 66.0 Å². The number of hydrogen-bond donors (Lipinski definition) is 2. The monoisotopic (exact) mass is 536 g/mol. The van der Waals surface area contributed by atoms with Gasteiger partial charge in [-0.25, -0.2) is 0 Å². The third-order valence-corrected chi connectivity index (χ3v) is 5.89. The van der Waals surface area contributed by atoms with Crippen molar-refractivity contribution >= 4 is 35.8 Å². The molecule has 2 fully saturated rings. The molecule has 0 atom stereocenters. The van der Waals surface area contributed by atoms with Crippen molar-refractivity contribution in [2.45, 2.75) is 96.5 Å². The summed E-state index contributed by atoms with van der Waals surface area (Å²) < 4.78 is 6.00. The van der Waals surface area contributed by atoms with Gasteiger partial charge < -0.3 is 20.3 Å². The molecule has 0 aromatic carbocycles. The molecule has 1 saturated carbocycles. The molecule has 6 nitrogen and oxygen atoms in total. The van der Waals surface area contributed by atoms with Gasteiger partial charge in [0.15, 0.2) is 5.96 Å². The molecule has 1 aliphatic carbocycles. The average Bonchev–Trinajstić information content (AvgIpc) is 2.95. The number of halogens is 1. The van der Waals surface area contributed by atoms with Crippen molar-refractivity contribution in [3.05, 3.63) is 0 Å². The number of unbranched alkanes of at least 4 members (excludes halogenated alkanes) is 2. The number of rotatable bonds is 12. The van der Waals surface area contributed by atoms with Crippen LogP contribution in [0.2, 0.25) is 0 Å². The van der Waals surface area contributed by atoms with Gasteiger partial charge in [-0.3, -0.25) is 9.79 Å². The summed E-state index contributed by atoms with van der Waals surface area (Å²) in [4.78, 5) is 18.7. The summed E-state index contributed by atoms with van der Waals surface area (Å²) in [5.41, 5.74) is 0. The van der Waals surface area contributed by atoms with Crippen LogP contribution in [0, 0.1) is 0 Å². The van der Waals surface area contributed by atoms with Crippen LogP contribution in [0.1, 0.15) is 90.4 Å². The quantitative estimate of drug-likeness (QED) is 0.167. The predicted octanol–water partition coefficient (Wildman–Crippen LogP) is 4.47. The normalized spacial score (nSPS) is 18.6. The zero-order valence-corrected chi connectivity index (χ0v) is 21.5. The summed E-state index contributed by atoms with van der Waals surface area (Å²) in [5.74, 6) is 1.22. The third kappa shape index (κ3) is 12.3. The van der Waals surface area contributed by atoms with Crippen LogP contribution in [0.15, 0.2) is 4.99 Å². The van der Waals surface area contributed by atoms with E-state index in [1.54, 1.807) is 0 Å². The summed E-state index contributed by atoms with van der Waals surface area (Å²) in [5, 5.41) is 6.75. The Morgan fingerprint density at radius 3 is 2.63 bits per heavy atom. The second-order valence-electron chi connectivity index (χ2n) is 8.42. The van der Waals surface area contributed by atoms with E-state index >= 15 is 0 Å². The van der Waals surface area contributed by atoms with Crippen LogP contribution in [0.4, 0.5) is 0 Å². The molecule has 0 radical (unpaired) electrons. The average molecular weight is 537 g/mol. The fraction of sp³-hybridized carbons (Fsp3) is 0.913. The van der Waals surface area contributed by atoms with E-state index in [0.29, 0.717) is 12.0 Å². The predicted molar refractivity (Wildman–Crippen MR) is 136 cm³/mol. The molecule has 1 amide bonds. The van der Waals surface area contributed by atoms with Crippen LogP contribution in [-0.2, 0) is 9.53 Å². The highest BCUT2D eigenvalue weighted by molar-refractivity contribution is 14.0. The first-order valence-electron chi connectivity index (χ1n) is 12.2. The maximum atomic E-state index is 12.0. The first kappa shape index (κ1) is 27.5. The molecule has 0 bridgehead atoms. The van der Waals surface area contributed by atoms with Gasteiger partial charge in [0.1, 0.15) is 0 Å². The molecule has 0 unspecified atom stereocenters. The lowest BCUT2D eigenvalue weighted by Crippen LogP contribution is -2.38. The van der Waals surface area contributed by atoms with Gasteiger partial charge in [-0.15, -0.1) is 24.0 Å². The van der Waals surface area contributed by atoms with E-state index in [-0.39, 0.29) is 24.0 Å². The smallest absolute Gasteiger partial charge is 0.222 e. The fourth-order valence-electron chi connectivity index (χ4n) is 4.16. The summed E-state index contributed by atoms with van der Waals surface area (Å²) >= 11 is 0. The van der Waals surface area contributed by atoms with Crippen molar-refractivity contribution in [1.82, 2.24) is 15.5 Å². The number of carbonyl (C=O) groups is 1. The van der Waals surface area contributed by atoms with Gasteiger partial charge >= 0.3 is 0 Å². The molecule has 1 heterocycles. The van der Waals surface area contributed by atoms with E-state index < -0.39 is 0 Å². The Labute approximate surface area is 201 Å². The van der Waals surface area contributed by atoms with Gasteiger partial charge in [0.2, 0.25) is 5.91 Å². The lowest BCUT2D eigenvalue weighted by molar-refractivity contribution is -0.130. The lowest BCUT2D eigenvalue weighted by atomic mass is 9.98. The van der Waals surface area contributed by atoms with E-state index in [2.05, 4.69) is 22.5 Å². The summed E-state index contributed by atoms with van der Waals surface area (Å²) in [7, 11) is 0. The van der Waals surface area contributed by atoms with E-state index in [4.69, 9.17) is 4.74 Å². The van der Waals surface area contributed by atoms with Crippen LogP contribution in [-0.4, -0.2) is 62.2 Å². The molecule has 0 aromatic heterocycles. The molecule has 0 aromatic rings. The second kappa shape index (κ2) is 18.0. The number of nitrogens with one attached hydrogen (secondary N) is 2. The van der Waals surface area contributed by atoms with Gasteiger partial charge in [0.25, 0.3) is 0 Å². The van der Waals surface area contributed by atoms with E-state index in [9.17, 15) is 4.79 Å². The highest BCUT2D eigenvalue weighted by Crippen LogP contribution is 2.20. The van der Waals surface area contributed by atoms with Crippen molar-refractivity contribution in [2.24, 2.45) is 4.99 Å². The van der Waals surface area contributed by atoms with Gasteiger partial charge in [0, 0.05) is 45.8 Å². The molecule has 30 heavy (non-hydrogen) atoms. The van der Waals surface area contributed by atoms with E-state index in [1.807, 2.05) is 4.90 Å². The number of guanidine groups is 1. The SMILES string of the molecule is CCNC(=NCCCN1CCCCCC1=O)NCCCCCOC1CCCCC1.I. The highest BCUT2D eigenvalue weighted by atomic mass is 127. The molecule has 7 heteroatoms. The molecular weight excluding hydrogens is 491 g/mol. The minimum atomic E-state index is 0. The largest absolute Gasteiger partial charge is 0.378 e. The number of amides is 1. The molecule has 2 N–H and O–H groups in total. The maximum Gasteiger partial charge on any atom is 0.222 e. The summed E-state index contributed by atoms with van der Waals surface area (Å²) in [6.07, 6.45) is 15.6. The van der Waals surface area contributed by atoms with Crippen LogP contribution >= 0.6 is 24.0 Å². The fourth-order valence-corrected chi connectivity index (χ4v) is 4.16. The molecular formula is C23H45IN4O2. The first-order chi connectivity index (χ1) is 14.3. The number of hydrogen-bond acceptors (Lipinski definition) is 3. The van der Waals surface area contributed by atoms with Crippen molar-refractivity contribution in [2.75, 3.05) is 39.3 Å². The van der Waals surface area contributed by atoms with Crippen LogP contribution in [0.5, 0.6) is 0 Å². The van der Waals surface area contributed by atoms with E-state index in [0.717, 1.165) is 83.8 Å². The molecule has 0 spiro atoms. The molecule has 1 aliphatic heterocycles. The molecule has 176 valence electrons. The minimum absolute atomic E-state index is 0. The van der Waals surface area contributed by atoms with Crippen LogP contribution in [0.25, 0.3) is 0 Å². The Morgan fingerprint density at radius 2 is 1.83 bits per heavy atom. The summed E-state index contributed by atoms with van der Waals surface area (Å²) in [6.45, 7) is 7.33. The van der Waals surface area contributed by atoms with Gasteiger partial charge in [-0.2, -0.15) is 0 Å². The third-order valence-electron chi connectivity index (χ3n) is 5.89. The van der Waals surface area contributed by atoms with Gasteiger partial charge in [-0.1, -0.05) is 25.7 Å². The maximum absolute atomic E-state index is 12.0. The Morgan fingerprint density at radius 1 is 1.03 bits per heavy atom. The number of ether oxygens (including phenoxy) is 1. The van der Waals surface area contributed by atoms with Crippen molar-refractivity contribution in [1.29, 1.82) is 0 Å². The molecule has 2 aliphatic rings. The number of nitrogens with zero attached hydrogens (tertiary/aromatic N) is 2. The number of likely N-dealkylation sites (tertiary alicyclic amines) is 1. The Bertz CT molecular complexity index is 470. The van der Waals surface area contributed by atoms with Crippen molar-refractivity contribution in [3.63, 3.8) is 0 Å². The first-order valence-corrected chi connectivity index (χ1v) is 12.2. The zero-order valence-electron chi connectivity index (χ0n) is 19.1. The van der Waals surface area contributed by atoms with Crippen LogP contribution in [0.3, 0.4) is 0 Å². The number of aliphatic imine (C=N–C) groups is 1. The van der Waals surface area contributed by atoms with Crippen molar-refractivity contribution in [3.8, 4) is 0 Å². The molecule has 1 saturated heterocycles. The Kier molecular flexibility index (Phi) is 16.5.